The summed E-state index contributed by atoms with van der Waals surface area (Å²) in [6, 6.07) is 7.57. The van der Waals surface area contributed by atoms with Crippen LogP contribution in [0.25, 0.3) is 11.1 Å². The molecule has 0 radical (unpaired) electrons. The van der Waals surface area contributed by atoms with E-state index in [4.69, 9.17) is 4.74 Å². The second kappa shape index (κ2) is 6.98. The first kappa shape index (κ1) is 18.0. The molecule has 0 bridgehead atoms. The van der Waals surface area contributed by atoms with E-state index in [0.717, 1.165) is 18.2 Å². The minimum atomic E-state index is -0.756. The van der Waals surface area contributed by atoms with E-state index >= 15 is 4.39 Å². The van der Waals surface area contributed by atoms with Gasteiger partial charge < -0.3 is 15.4 Å². The molecule has 0 aromatic heterocycles. The Morgan fingerprint density at radius 3 is 2.67 bits per heavy atom. The number of ether oxygens (including phenoxy) is 1. The molecule has 27 heavy (non-hydrogen) atoms. The zero-order valence-electron chi connectivity index (χ0n) is 14.5. The Bertz CT molecular complexity index is 869. The number of amides is 1. The van der Waals surface area contributed by atoms with Gasteiger partial charge in [0.05, 0.1) is 12.1 Å². The standard InChI is InChI=1S/C20H19F3N2O2/c21-14-6-13(7-15(22)9-14)16-3-1-2-12(19(16)23)8-17-20(4-5-24-17)11-27-10-18(26)25-20/h1-3,6-7,9,17,24H,4-5,8,10-11H2,(H,25,26). The predicted molar refractivity (Wildman–Crippen MR) is 93.6 cm³/mol. The molecule has 7 heteroatoms. The van der Waals surface area contributed by atoms with Crippen molar-refractivity contribution in [2.75, 3.05) is 19.8 Å². The lowest BCUT2D eigenvalue weighted by Crippen LogP contribution is -2.63. The summed E-state index contributed by atoms with van der Waals surface area (Å²) in [7, 11) is 0. The van der Waals surface area contributed by atoms with Gasteiger partial charge in [-0.05, 0) is 42.6 Å². The van der Waals surface area contributed by atoms with Crippen LogP contribution in [0.2, 0.25) is 0 Å². The van der Waals surface area contributed by atoms with E-state index in [9.17, 15) is 13.6 Å². The number of carbonyl (C=O) groups excluding carboxylic acids is 1. The molecular formula is C20H19F3N2O2. The van der Waals surface area contributed by atoms with Crippen molar-refractivity contribution in [2.45, 2.75) is 24.4 Å². The maximum Gasteiger partial charge on any atom is 0.246 e. The fourth-order valence-corrected chi connectivity index (χ4v) is 3.99. The molecule has 0 saturated carbocycles. The van der Waals surface area contributed by atoms with Gasteiger partial charge in [-0.1, -0.05) is 18.2 Å². The summed E-state index contributed by atoms with van der Waals surface area (Å²) in [6.45, 7) is 1.08. The van der Waals surface area contributed by atoms with E-state index in [1.54, 1.807) is 12.1 Å². The molecule has 2 aromatic carbocycles. The Kier molecular flexibility index (Phi) is 4.65. The van der Waals surface area contributed by atoms with E-state index in [-0.39, 0.29) is 29.7 Å². The number of benzene rings is 2. The number of nitrogens with one attached hydrogen (secondary N) is 2. The van der Waals surface area contributed by atoms with Crippen molar-refractivity contribution in [3.63, 3.8) is 0 Å². The summed E-state index contributed by atoms with van der Waals surface area (Å²) in [6.07, 6.45) is 1.01. The highest BCUT2D eigenvalue weighted by atomic mass is 19.1. The summed E-state index contributed by atoms with van der Waals surface area (Å²) in [5.74, 6) is -2.21. The lowest BCUT2D eigenvalue weighted by atomic mass is 9.85. The lowest BCUT2D eigenvalue weighted by molar-refractivity contribution is -0.135. The molecule has 2 heterocycles. The van der Waals surface area contributed by atoms with Gasteiger partial charge in [-0.2, -0.15) is 0 Å². The van der Waals surface area contributed by atoms with Crippen LogP contribution in [-0.4, -0.2) is 37.2 Å². The molecule has 2 N–H and O–H groups in total. The molecule has 0 aliphatic carbocycles. The van der Waals surface area contributed by atoms with E-state index in [0.29, 0.717) is 31.6 Å². The van der Waals surface area contributed by atoms with Gasteiger partial charge in [0.25, 0.3) is 0 Å². The molecule has 1 spiro atoms. The number of hydrogen-bond donors (Lipinski definition) is 2. The first-order valence-electron chi connectivity index (χ1n) is 8.83. The largest absolute Gasteiger partial charge is 0.369 e. The molecule has 1 amide bonds. The number of halogens is 3. The Balaban J connectivity index is 1.64. The van der Waals surface area contributed by atoms with Crippen LogP contribution in [0.15, 0.2) is 36.4 Å². The number of morpholine rings is 1. The van der Waals surface area contributed by atoms with Gasteiger partial charge in [0, 0.05) is 17.7 Å². The number of rotatable bonds is 3. The van der Waals surface area contributed by atoms with Gasteiger partial charge in [0.15, 0.2) is 0 Å². The van der Waals surface area contributed by atoms with Crippen LogP contribution >= 0.6 is 0 Å². The summed E-state index contributed by atoms with van der Waals surface area (Å²) in [5.41, 5.74) is 0.135. The third-order valence-corrected chi connectivity index (χ3v) is 5.29. The van der Waals surface area contributed by atoms with Crippen LogP contribution < -0.4 is 10.6 Å². The van der Waals surface area contributed by atoms with Gasteiger partial charge in [0.2, 0.25) is 5.91 Å². The summed E-state index contributed by atoms with van der Waals surface area (Å²) >= 11 is 0. The van der Waals surface area contributed by atoms with Crippen LogP contribution in [0.1, 0.15) is 12.0 Å². The van der Waals surface area contributed by atoms with Crippen LogP contribution in [0, 0.1) is 17.5 Å². The maximum absolute atomic E-state index is 15.1. The van der Waals surface area contributed by atoms with Crippen molar-refractivity contribution in [3.05, 3.63) is 59.4 Å². The highest BCUT2D eigenvalue weighted by molar-refractivity contribution is 5.79. The Morgan fingerprint density at radius 2 is 1.93 bits per heavy atom. The van der Waals surface area contributed by atoms with Crippen molar-refractivity contribution in [1.82, 2.24) is 10.6 Å². The number of carbonyl (C=O) groups is 1. The molecule has 2 aromatic rings. The van der Waals surface area contributed by atoms with E-state index in [1.165, 1.54) is 6.07 Å². The van der Waals surface area contributed by atoms with Gasteiger partial charge in [0.1, 0.15) is 24.1 Å². The predicted octanol–water partition coefficient (Wildman–Crippen LogP) is 2.56. The molecular weight excluding hydrogens is 357 g/mol. The third-order valence-electron chi connectivity index (χ3n) is 5.29. The van der Waals surface area contributed by atoms with Crippen molar-refractivity contribution < 1.29 is 22.7 Å². The summed E-state index contributed by atoms with van der Waals surface area (Å²) in [5, 5.41) is 6.30. The van der Waals surface area contributed by atoms with E-state index in [2.05, 4.69) is 10.6 Å². The number of hydrogen-bond acceptors (Lipinski definition) is 3. The van der Waals surface area contributed by atoms with Gasteiger partial charge in [-0.25, -0.2) is 13.2 Å². The Labute approximate surface area is 154 Å². The van der Waals surface area contributed by atoms with Crippen LogP contribution in [0.5, 0.6) is 0 Å². The molecule has 2 saturated heterocycles. The summed E-state index contributed by atoms with van der Waals surface area (Å²) in [4.78, 5) is 11.8. The normalized spacial score (nSPS) is 25.0. The quantitative estimate of drug-likeness (QED) is 0.866. The average molecular weight is 376 g/mol. The smallest absolute Gasteiger partial charge is 0.246 e. The van der Waals surface area contributed by atoms with Crippen LogP contribution in [0.4, 0.5) is 13.2 Å². The first-order valence-corrected chi connectivity index (χ1v) is 8.83. The molecule has 2 aliphatic rings. The highest BCUT2D eigenvalue weighted by Crippen LogP contribution is 2.31. The zero-order valence-corrected chi connectivity index (χ0v) is 14.5. The maximum atomic E-state index is 15.1. The zero-order chi connectivity index (χ0) is 19.0. The van der Waals surface area contributed by atoms with Gasteiger partial charge >= 0.3 is 0 Å². The molecule has 2 aliphatic heterocycles. The average Bonchev–Trinajstić information content (AvgIpc) is 2.97. The highest BCUT2D eigenvalue weighted by Gasteiger charge is 2.46. The first-order chi connectivity index (χ1) is 13.0. The van der Waals surface area contributed by atoms with Gasteiger partial charge in [-0.15, -0.1) is 0 Å². The monoisotopic (exact) mass is 376 g/mol. The van der Waals surface area contributed by atoms with Crippen LogP contribution in [0.3, 0.4) is 0 Å². The molecule has 2 unspecified atom stereocenters. The minimum Gasteiger partial charge on any atom is -0.369 e. The van der Waals surface area contributed by atoms with Crippen molar-refractivity contribution in [2.24, 2.45) is 0 Å². The minimum absolute atomic E-state index is 0.0312. The van der Waals surface area contributed by atoms with Gasteiger partial charge in [-0.3, -0.25) is 4.79 Å². The second-order valence-electron chi connectivity index (χ2n) is 7.09. The molecule has 142 valence electrons. The third kappa shape index (κ3) is 3.44. The van der Waals surface area contributed by atoms with Crippen LogP contribution in [-0.2, 0) is 16.0 Å². The van der Waals surface area contributed by atoms with Crippen molar-refractivity contribution in [1.29, 1.82) is 0 Å². The molecule has 2 atom stereocenters. The second-order valence-corrected chi connectivity index (χ2v) is 7.09. The fraction of sp³-hybridized carbons (Fsp3) is 0.350. The molecule has 2 fully saturated rings. The van der Waals surface area contributed by atoms with E-state index in [1.807, 2.05) is 0 Å². The van der Waals surface area contributed by atoms with Crippen molar-refractivity contribution in [3.8, 4) is 11.1 Å². The Morgan fingerprint density at radius 1 is 1.15 bits per heavy atom. The van der Waals surface area contributed by atoms with Crippen molar-refractivity contribution >= 4 is 5.91 Å². The molecule has 4 nitrogen and oxygen atoms in total. The Hall–Kier alpha value is -2.38. The SMILES string of the molecule is O=C1COCC2(CCNC2Cc2cccc(-c3cc(F)cc(F)c3)c2F)N1. The fourth-order valence-electron chi connectivity index (χ4n) is 3.99. The topological polar surface area (TPSA) is 50.4 Å². The molecule has 4 rings (SSSR count). The summed E-state index contributed by atoms with van der Waals surface area (Å²) < 4.78 is 47.6. The van der Waals surface area contributed by atoms with E-state index < -0.39 is 23.0 Å². The lowest BCUT2D eigenvalue weighted by Gasteiger charge is -2.39.